The molecule has 0 saturated carbocycles. The van der Waals surface area contributed by atoms with Crippen molar-refractivity contribution in [1.29, 1.82) is 0 Å². The van der Waals surface area contributed by atoms with E-state index in [0.29, 0.717) is 0 Å². The maximum atomic E-state index is 5.18. The number of rotatable bonds is 3. The Morgan fingerprint density at radius 3 is 2.33 bits per heavy atom. The summed E-state index contributed by atoms with van der Waals surface area (Å²) < 4.78 is 0. The van der Waals surface area contributed by atoms with Crippen LogP contribution in [0.15, 0.2) is 24.8 Å². The number of nitrogens with two attached hydrogens (primary N) is 1. The van der Waals surface area contributed by atoms with Crippen molar-refractivity contribution >= 4 is 0 Å². The molecule has 0 aliphatic heterocycles. The van der Waals surface area contributed by atoms with Crippen LogP contribution in [-0.2, 0) is 0 Å². The van der Waals surface area contributed by atoms with Gasteiger partial charge >= 0.3 is 0 Å². The third kappa shape index (κ3) is 18.6. The summed E-state index contributed by atoms with van der Waals surface area (Å²) in [7, 11) is 0. The third-order valence-corrected chi connectivity index (χ3v) is 0.605. The van der Waals surface area contributed by atoms with Gasteiger partial charge in [0, 0.05) is 0 Å². The van der Waals surface area contributed by atoms with Crippen molar-refractivity contribution in [1.82, 2.24) is 0 Å². The summed E-state index contributed by atoms with van der Waals surface area (Å²) >= 11 is 0. The molecule has 9 heavy (non-hydrogen) atoms. The van der Waals surface area contributed by atoms with Crippen molar-refractivity contribution in [3.63, 3.8) is 0 Å². The van der Waals surface area contributed by atoms with Crippen molar-refractivity contribution in [3.8, 4) is 0 Å². The van der Waals surface area contributed by atoms with Gasteiger partial charge in [0.25, 0.3) is 0 Å². The Kier molecular flexibility index (Phi) is 19.6. The molecule has 0 unspecified atom stereocenters. The molecule has 1 nitrogen and oxygen atoms in total. The zero-order valence-electron chi connectivity index (χ0n) is 6.43. The topological polar surface area (TPSA) is 26.0 Å². The van der Waals surface area contributed by atoms with Crippen molar-refractivity contribution in [2.75, 3.05) is 6.54 Å². The quantitative estimate of drug-likeness (QED) is 0.577. The van der Waals surface area contributed by atoms with Crippen LogP contribution in [0.3, 0.4) is 0 Å². The average Bonchev–Trinajstić information content (AvgIpc) is 1.94. The number of hydrogen-bond donors (Lipinski definition) is 1. The Morgan fingerprint density at radius 1 is 1.44 bits per heavy atom. The van der Waals surface area contributed by atoms with Gasteiger partial charge in [-0.15, -0.1) is 0 Å². The van der Waals surface area contributed by atoms with E-state index in [1.54, 1.807) is 6.08 Å². The lowest BCUT2D eigenvalue weighted by Gasteiger charge is -1.78. The zero-order valence-corrected chi connectivity index (χ0v) is 6.43. The molecule has 0 aliphatic carbocycles. The molecule has 0 saturated heterocycles. The highest BCUT2D eigenvalue weighted by atomic mass is 14.5. The van der Waals surface area contributed by atoms with Gasteiger partial charge in [-0.25, -0.2) is 0 Å². The summed E-state index contributed by atoms with van der Waals surface area (Å²) in [6.07, 6.45) is 6.58. The minimum absolute atomic E-state index is 0.727. The minimum atomic E-state index is 0.727. The molecule has 54 valence electrons. The number of hydrogen-bond acceptors (Lipinski definition) is 1. The summed E-state index contributed by atoms with van der Waals surface area (Å²) in [5, 5.41) is 0. The van der Waals surface area contributed by atoms with Gasteiger partial charge in [0.2, 0.25) is 0 Å². The number of allylic oxidation sites excluding steroid dienone is 2. The molecule has 0 atom stereocenters. The molecule has 0 aromatic carbocycles. The van der Waals surface area contributed by atoms with Gasteiger partial charge < -0.3 is 5.73 Å². The molecule has 0 bridgehead atoms. The standard InChI is InChI=1S/C6H11N.C2H6/c1-2-3-4-5-6-7;1-2/h2-4H,1,5-7H2;1-2H3/b4-3-;. The monoisotopic (exact) mass is 127 g/mol. The van der Waals surface area contributed by atoms with Crippen LogP contribution in [0.4, 0.5) is 0 Å². The SMILES string of the molecule is C=C/C=C\CCN.CC. The van der Waals surface area contributed by atoms with Crippen LogP contribution >= 0.6 is 0 Å². The second-order valence-corrected chi connectivity index (χ2v) is 1.24. The fourth-order valence-corrected chi connectivity index (χ4v) is 0.289. The predicted octanol–water partition coefficient (Wildman–Crippen LogP) is 2.10. The Balaban J connectivity index is 0. The summed E-state index contributed by atoms with van der Waals surface area (Å²) in [5.41, 5.74) is 5.18. The van der Waals surface area contributed by atoms with Gasteiger partial charge in [-0.3, -0.25) is 0 Å². The van der Waals surface area contributed by atoms with Crippen LogP contribution in [0.25, 0.3) is 0 Å². The Labute approximate surface area is 58.3 Å². The van der Waals surface area contributed by atoms with Crippen molar-refractivity contribution in [3.05, 3.63) is 24.8 Å². The van der Waals surface area contributed by atoms with Gasteiger partial charge in [-0.1, -0.05) is 38.7 Å². The maximum Gasteiger partial charge on any atom is -0.00425 e. The van der Waals surface area contributed by atoms with Crippen molar-refractivity contribution in [2.24, 2.45) is 5.73 Å². The molecule has 0 aromatic heterocycles. The van der Waals surface area contributed by atoms with E-state index in [-0.39, 0.29) is 0 Å². The first-order chi connectivity index (χ1) is 4.41. The highest BCUT2D eigenvalue weighted by molar-refractivity contribution is 4.96. The molecule has 0 fully saturated rings. The predicted molar refractivity (Wildman–Crippen MR) is 44.4 cm³/mol. The molecule has 0 heterocycles. The Bertz CT molecular complexity index is 65.0. The van der Waals surface area contributed by atoms with E-state index < -0.39 is 0 Å². The van der Waals surface area contributed by atoms with Gasteiger partial charge in [-0.2, -0.15) is 0 Å². The van der Waals surface area contributed by atoms with E-state index in [1.165, 1.54) is 0 Å². The van der Waals surface area contributed by atoms with Gasteiger partial charge in [0.15, 0.2) is 0 Å². The summed E-state index contributed by atoms with van der Waals surface area (Å²) in [6.45, 7) is 8.23. The highest BCUT2D eigenvalue weighted by Gasteiger charge is 1.65. The van der Waals surface area contributed by atoms with E-state index in [1.807, 2.05) is 26.0 Å². The average molecular weight is 127 g/mol. The van der Waals surface area contributed by atoms with Crippen LogP contribution in [0.2, 0.25) is 0 Å². The largest absolute Gasteiger partial charge is 0.330 e. The molecule has 0 amide bonds. The molecule has 1 heteroatoms. The van der Waals surface area contributed by atoms with Crippen molar-refractivity contribution in [2.45, 2.75) is 20.3 Å². The van der Waals surface area contributed by atoms with Crippen LogP contribution in [0, 0.1) is 0 Å². The lowest BCUT2D eigenvalue weighted by atomic mass is 10.4. The molecule has 0 aromatic rings. The normalized spacial score (nSPS) is 8.33. The fourth-order valence-electron chi connectivity index (χ4n) is 0.289. The van der Waals surface area contributed by atoms with Gasteiger partial charge in [0.1, 0.15) is 0 Å². The second-order valence-electron chi connectivity index (χ2n) is 1.24. The fraction of sp³-hybridized carbons (Fsp3) is 0.500. The smallest absolute Gasteiger partial charge is 0.00425 e. The first-order valence-electron chi connectivity index (χ1n) is 3.39. The van der Waals surface area contributed by atoms with Crippen LogP contribution in [0.1, 0.15) is 20.3 Å². The molecule has 0 rings (SSSR count). The van der Waals surface area contributed by atoms with Gasteiger partial charge in [-0.05, 0) is 13.0 Å². The lowest BCUT2D eigenvalue weighted by Crippen LogP contribution is -1.94. The van der Waals surface area contributed by atoms with E-state index >= 15 is 0 Å². The summed E-state index contributed by atoms with van der Waals surface area (Å²) in [5.74, 6) is 0. The zero-order chi connectivity index (χ0) is 7.54. The Morgan fingerprint density at radius 2 is 2.00 bits per heavy atom. The first-order valence-corrected chi connectivity index (χ1v) is 3.39. The summed E-state index contributed by atoms with van der Waals surface area (Å²) in [4.78, 5) is 0. The molecule has 0 aliphatic rings. The first kappa shape index (κ1) is 11.3. The Hall–Kier alpha value is -0.560. The molecule has 0 radical (unpaired) electrons. The van der Waals surface area contributed by atoms with Gasteiger partial charge in [0.05, 0.1) is 0 Å². The van der Waals surface area contributed by atoms with Crippen LogP contribution < -0.4 is 5.73 Å². The van der Waals surface area contributed by atoms with Crippen LogP contribution in [0.5, 0.6) is 0 Å². The lowest BCUT2D eigenvalue weighted by molar-refractivity contribution is 1.01. The van der Waals surface area contributed by atoms with E-state index in [0.717, 1.165) is 13.0 Å². The van der Waals surface area contributed by atoms with E-state index in [2.05, 4.69) is 6.58 Å². The van der Waals surface area contributed by atoms with E-state index in [9.17, 15) is 0 Å². The molecular weight excluding hydrogens is 110 g/mol. The minimum Gasteiger partial charge on any atom is -0.330 e. The molecular formula is C8H17N. The highest BCUT2D eigenvalue weighted by Crippen LogP contribution is 1.76. The molecule has 2 N–H and O–H groups in total. The summed E-state index contributed by atoms with van der Waals surface area (Å²) in [6, 6.07) is 0. The van der Waals surface area contributed by atoms with Crippen molar-refractivity contribution < 1.29 is 0 Å². The maximum absolute atomic E-state index is 5.18. The van der Waals surface area contributed by atoms with Crippen LogP contribution in [-0.4, -0.2) is 6.54 Å². The third-order valence-electron chi connectivity index (χ3n) is 0.605. The van der Waals surface area contributed by atoms with E-state index in [4.69, 9.17) is 5.73 Å². The molecule has 0 spiro atoms. The second kappa shape index (κ2) is 15.7.